The number of nitrogens with zero attached hydrogens (tertiary/aromatic N) is 2. The Balaban J connectivity index is 2.20. The number of aryl methyl sites for hydroxylation is 2. The zero-order chi connectivity index (χ0) is 12.4. The van der Waals surface area contributed by atoms with Gasteiger partial charge >= 0.3 is 0 Å². The van der Waals surface area contributed by atoms with E-state index in [1.807, 2.05) is 17.8 Å². The van der Waals surface area contributed by atoms with E-state index < -0.39 is 0 Å². The number of aromatic nitrogens is 2. The number of hydrogen-bond donors (Lipinski definition) is 1. The summed E-state index contributed by atoms with van der Waals surface area (Å²) in [5, 5.41) is 0. The van der Waals surface area contributed by atoms with Crippen molar-refractivity contribution in [3.8, 4) is 0 Å². The summed E-state index contributed by atoms with van der Waals surface area (Å²) < 4.78 is 3.07. The van der Waals surface area contributed by atoms with Crippen LogP contribution in [0.5, 0.6) is 0 Å². The van der Waals surface area contributed by atoms with Gasteiger partial charge in [-0.2, -0.15) is 0 Å². The van der Waals surface area contributed by atoms with Crippen molar-refractivity contribution >= 4 is 15.9 Å². The molecule has 90 valence electrons. The highest BCUT2D eigenvalue weighted by atomic mass is 79.9. The zero-order valence-electron chi connectivity index (χ0n) is 10.0. The highest BCUT2D eigenvalue weighted by molar-refractivity contribution is 9.10. The summed E-state index contributed by atoms with van der Waals surface area (Å²) in [5.74, 6) is 1.00. The lowest BCUT2D eigenvalue weighted by atomic mass is 10.0. The Hall–Kier alpha value is -1.13. The zero-order valence-corrected chi connectivity index (χ0v) is 11.6. The smallest absolute Gasteiger partial charge is 0.110 e. The maximum Gasteiger partial charge on any atom is 0.110 e. The molecule has 0 spiro atoms. The molecule has 1 aromatic heterocycles. The van der Waals surface area contributed by atoms with Crippen molar-refractivity contribution in [2.75, 3.05) is 0 Å². The minimum Gasteiger partial charge on any atom is -0.338 e. The van der Waals surface area contributed by atoms with Gasteiger partial charge in [0, 0.05) is 36.4 Å². The van der Waals surface area contributed by atoms with Crippen LogP contribution in [0.4, 0.5) is 0 Å². The highest BCUT2D eigenvalue weighted by Gasteiger charge is 2.12. The quantitative estimate of drug-likeness (QED) is 0.946. The first-order valence-corrected chi connectivity index (χ1v) is 6.35. The molecule has 2 aromatic rings. The van der Waals surface area contributed by atoms with Crippen molar-refractivity contribution in [1.29, 1.82) is 0 Å². The molecule has 0 aliphatic rings. The Bertz CT molecular complexity index is 519. The van der Waals surface area contributed by atoms with Gasteiger partial charge in [0.25, 0.3) is 0 Å². The van der Waals surface area contributed by atoms with E-state index in [1.165, 1.54) is 5.56 Å². The normalized spacial score (nSPS) is 12.7. The standard InChI is InChI=1S/C13H16BrN3/c1-9-3-4-10(11(14)7-9)12(15)8-13-16-5-6-17(13)2/h3-7,12H,8,15H2,1-2H3. The van der Waals surface area contributed by atoms with Crippen LogP contribution >= 0.6 is 15.9 Å². The lowest BCUT2D eigenvalue weighted by Crippen LogP contribution is -2.16. The number of hydrogen-bond acceptors (Lipinski definition) is 2. The van der Waals surface area contributed by atoms with Crippen molar-refractivity contribution in [3.05, 3.63) is 52.0 Å². The molecule has 17 heavy (non-hydrogen) atoms. The number of rotatable bonds is 3. The van der Waals surface area contributed by atoms with Crippen LogP contribution in [-0.2, 0) is 13.5 Å². The van der Waals surface area contributed by atoms with Gasteiger partial charge in [-0.3, -0.25) is 0 Å². The minimum atomic E-state index is -0.0360. The number of imidazole rings is 1. The fourth-order valence-electron chi connectivity index (χ4n) is 1.83. The van der Waals surface area contributed by atoms with Gasteiger partial charge in [0.15, 0.2) is 0 Å². The van der Waals surface area contributed by atoms with E-state index in [1.54, 1.807) is 6.20 Å². The average molecular weight is 294 g/mol. The summed E-state index contributed by atoms with van der Waals surface area (Å²) in [4.78, 5) is 4.30. The molecule has 0 aliphatic carbocycles. The molecule has 2 N–H and O–H groups in total. The summed E-state index contributed by atoms with van der Waals surface area (Å²) in [5.41, 5.74) is 8.57. The lowest BCUT2D eigenvalue weighted by Gasteiger charge is -2.14. The molecule has 0 amide bonds. The van der Waals surface area contributed by atoms with Crippen molar-refractivity contribution in [1.82, 2.24) is 9.55 Å². The van der Waals surface area contributed by atoms with Gasteiger partial charge in [0.05, 0.1) is 0 Å². The van der Waals surface area contributed by atoms with E-state index in [-0.39, 0.29) is 6.04 Å². The second-order valence-electron chi connectivity index (χ2n) is 4.29. The van der Waals surface area contributed by atoms with E-state index in [2.05, 4.69) is 46.0 Å². The van der Waals surface area contributed by atoms with E-state index in [9.17, 15) is 0 Å². The molecule has 4 heteroatoms. The molecule has 0 saturated carbocycles. The Morgan fingerprint density at radius 1 is 1.47 bits per heavy atom. The van der Waals surface area contributed by atoms with E-state index in [0.29, 0.717) is 0 Å². The number of benzene rings is 1. The SMILES string of the molecule is Cc1ccc(C(N)Cc2nccn2C)c(Br)c1. The molecule has 1 aromatic carbocycles. The van der Waals surface area contributed by atoms with Crippen LogP contribution in [0.1, 0.15) is 23.0 Å². The summed E-state index contributed by atoms with van der Waals surface area (Å²) in [6, 6.07) is 6.21. The molecule has 2 rings (SSSR count). The number of nitrogens with two attached hydrogens (primary N) is 1. The maximum atomic E-state index is 6.22. The second-order valence-corrected chi connectivity index (χ2v) is 5.14. The summed E-state index contributed by atoms with van der Waals surface area (Å²) in [6.45, 7) is 2.07. The molecule has 0 saturated heterocycles. The van der Waals surface area contributed by atoms with Crippen LogP contribution in [0, 0.1) is 6.92 Å². The fourth-order valence-corrected chi connectivity index (χ4v) is 2.62. The topological polar surface area (TPSA) is 43.8 Å². The molecule has 0 aliphatic heterocycles. The van der Waals surface area contributed by atoms with Gasteiger partial charge in [-0.25, -0.2) is 4.98 Å². The van der Waals surface area contributed by atoms with Crippen molar-refractivity contribution in [3.63, 3.8) is 0 Å². The van der Waals surface area contributed by atoms with Crippen LogP contribution in [0.15, 0.2) is 35.1 Å². The first-order chi connectivity index (χ1) is 8.08. The third kappa shape index (κ3) is 2.76. The van der Waals surface area contributed by atoms with Gasteiger partial charge in [-0.05, 0) is 24.1 Å². The van der Waals surface area contributed by atoms with Gasteiger partial charge < -0.3 is 10.3 Å². The molecule has 1 atom stereocenters. The molecular weight excluding hydrogens is 278 g/mol. The summed E-state index contributed by atoms with van der Waals surface area (Å²) >= 11 is 3.56. The van der Waals surface area contributed by atoms with Crippen LogP contribution < -0.4 is 5.73 Å². The van der Waals surface area contributed by atoms with Crippen LogP contribution in [0.25, 0.3) is 0 Å². The first kappa shape index (κ1) is 12.3. The van der Waals surface area contributed by atoms with Crippen molar-refractivity contribution < 1.29 is 0 Å². The summed E-state index contributed by atoms with van der Waals surface area (Å²) in [6.07, 6.45) is 4.48. The Kier molecular flexibility index (Phi) is 3.64. The Labute approximate surface area is 110 Å². The summed E-state index contributed by atoms with van der Waals surface area (Å²) in [7, 11) is 1.99. The van der Waals surface area contributed by atoms with Crippen LogP contribution in [0.3, 0.4) is 0 Å². The van der Waals surface area contributed by atoms with E-state index in [4.69, 9.17) is 5.73 Å². The molecular formula is C13H16BrN3. The fraction of sp³-hybridized carbons (Fsp3) is 0.308. The third-order valence-electron chi connectivity index (χ3n) is 2.88. The first-order valence-electron chi connectivity index (χ1n) is 5.55. The lowest BCUT2D eigenvalue weighted by molar-refractivity contribution is 0.657. The molecule has 3 nitrogen and oxygen atoms in total. The second kappa shape index (κ2) is 5.02. The highest BCUT2D eigenvalue weighted by Crippen LogP contribution is 2.25. The van der Waals surface area contributed by atoms with Crippen molar-refractivity contribution in [2.45, 2.75) is 19.4 Å². The monoisotopic (exact) mass is 293 g/mol. The Morgan fingerprint density at radius 2 is 2.24 bits per heavy atom. The van der Waals surface area contributed by atoms with Crippen molar-refractivity contribution in [2.24, 2.45) is 12.8 Å². The van der Waals surface area contributed by atoms with Gasteiger partial charge in [-0.15, -0.1) is 0 Å². The van der Waals surface area contributed by atoms with Gasteiger partial charge in [0.1, 0.15) is 5.82 Å². The minimum absolute atomic E-state index is 0.0360. The molecule has 0 fully saturated rings. The largest absolute Gasteiger partial charge is 0.338 e. The predicted octanol–water partition coefficient (Wildman–Crippen LogP) is 2.73. The molecule has 0 bridgehead atoms. The molecule has 1 heterocycles. The number of halogens is 1. The average Bonchev–Trinajstić information content (AvgIpc) is 2.64. The molecule has 1 unspecified atom stereocenters. The predicted molar refractivity (Wildman–Crippen MR) is 72.7 cm³/mol. The van der Waals surface area contributed by atoms with E-state index in [0.717, 1.165) is 22.3 Å². The van der Waals surface area contributed by atoms with Gasteiger partial charge in [-0.1, -0.05) is 28.1 Å². The van der Waals surface area contributed by atoms with Gasteiger partial charge in [0.2, 0.25) is 0 Å². The molecule has 0 radical (unpaired) electrons. The van der Waals surface area contributed by atoms with E-state index >= 15 is 0 Å². The third-order valence-corrected chi connectivity index (χ3v) is 3.57. The Morgan fingerprint density at radius 3 is 2.82 bits per heavy atom. The van der Waals surface area contributed by atoms with Crippen LogP contribution in [-0.4, -0.2) is 9.55 Å². The maximum absolute atomic E-state index is 6.22. The van der Waals surface area contributed by atoms with Crippen LogP contribution in [0.2, 0.25) is 0 Å².